The Balaban J connectivity index is 1.45. The minimum Gasteiger partial charge on any atom is -0.462 e. The Kier molecular flexibility index (Phi) is 6.00. The van der Waals surface area contributed by atoms with E-state index in [1.807, 2.05) is 12.3 Å². The Morgan fingerprint density at radius 2 is 1.92 bits per heavy atom. The molecule has 36 heavy (non-hydrogen) atoms. The number of fused-ring (bicyclic) bond motifs is 2. The van der Waals surface area contributed by atoms with Crippen molar-refractivity contribution in [3.05, 3.63) is 48.1 Å². The summed E-state index contributed by atoms with van der Waals surface area (Å²) in [6, 6.07) is 4.13. The van der Waals surface area contributed by atoms with E-state index in [9.17, 15) is 4.39 Å². The summed E-state index contributed by atoms with van der Waals surface area (Å²) in [6.45, 7) is 5.15. The van der Waals surface area contributed by atoms with Gasteiger partial charge in [0.15, 0.2) is 0 Å². The van der Waals surface area contributed by atoms with Crippen molar-refractivity contribution in [3.63, 3.8) is 0 Å². The molecule has 8 nitrogen and oxygen atoms in total. The first kappa shape index (κ1) is 22.8. The summed E-state index contributed by atoms with van der Waals surface area (Å²) >= 11 is 0. The van der Waals surface area contributed by atoms with Gasteiger partial charge in [-0.25, -0.2) is 4.39 Å². The molecule has 3 aromatic heterocycles. The van der Waals surface area contributed by atoms with Crippen molar-refractivity contribution in [2.45, 2.75) is 38.6 Å². The Labute approximate surface area is 209 Å². The molecule has 1 saturated heterocycles. The van der Waals surface area contributed by atoms with E-state index in [0.717, 1.165) is 66.6 Å². The number of anilines is 1. The number of likely N-dealkylation sites (tertiary alicyclic amines) is 1. The third-order valence-electron chi connectivity index (χ3n) is 7.41. The SMILES string of the molecule is Cc1c(F)cc2[nH]ncc2c1-c1cc2nc(OCC3CCCN3C)nc(N3CCC=CCC3)c2cn1. The number of halogens is 1. The molecular weight excluding hydrogens is 457 g/mol. The van der Waals surface area contributed by atoms with Crippen molar-refractivity contribution in [1.29, 1.82) is 0 Å². The lowest BCUT2D eigenvalue weighted by Crippen LogP contribution is -2.31. The highest BCUT2D eigenvalue weighted by molar-refractivity contribution is 5.98. The number of pyridine rings is 1. The third-order valence-corrected chi connectivity index (χ3v) is 7.41. The van der Waals surface area contributed by atoms with E-state index >= 15 is 0 Å². The summed E-state index contributed by atoms with van der Waals surface area (Å²) in [5, 5.41) is 8.68. The summed E-state index contributed by atoms with van der Waals surface area (Å²) in [5.74, 6) is 0.538. The topological polar surface area (TPSA) is 83.1 Å². The molecule has 186 valence electrons. The van der Waals surface area contributed by atoms with E-state index in [1.54, 1.807) is 13.1 Å². The van der Waals surface area contributed by atoms with Crippen LogP contribution in [0.25, 0.3) is 33.1 Å². The van der Waals surface area contributed by atoms with Crippen LogP contribution in [0.2, 0.25) is 0 Å². The lowest BCUT2D eigenvalue weighted by molar-refractivity contribution is 0.188. The zero-order valence-electron chi connectivity index (χ0n) is 20.7. The predicted molar refractivity (Wildman–Crippen MR) is 139 cm³/mol. The first-order valence-electron chi connectivity index (χ1n) is 12.6. The molecule has 1 aromatic carbocycles. The molecular formula is C27H30FN7O. The molecule has 4 aromatic rings. The molecule has 6 rings (SSSR count). The van der Waals surface area contributed by atoms with Gasteiger partial charge in [0.25, 0.3) is 0 Å². The number of nitrogens with zero attached hydrogens (tertiary/aromatic N) is 6. The summed E-state index contributed by atoms with van der Waals surface area (Å²) in [5.41, 5.74) is 3.27. The van der Waals surface area contributed by atoms with Gasteiger partial charge in [-0.3, -0.25) is 10.1 Å². The van der Waals surface area contributed by atoms with Crippen LogP contribution in [0.3, 0.4) is 0 Å². The van der Waals surface area contributed by atoms with E-state index < -0.39 is 0 Å². The van der Waals surface area contributed by atoms with Crippen LogP contribution in [0.5, 0.6) is 6.01 Å². The van der Waals surface area contributed by atoms with E-state index in [0.29, 0.717) is 35.4 Å². The molecule has 0 amide bonds. The van der Waals surface area contributed by atoms with Crippen LogP contribution >= 0.6 is 0 Å². The number of likely N-dealkylation sites (N-methyl/N-ethyl adjacent to an activating group) is 1. The number of nitrogens with one attached hydrogen (secondary N) is 1. The fraction of sp³-hybridized carbons (Fsp3) is 0.407. The smallest absolute Gasteiger partial charge is 0.319 e. The number of hydrogen-bond donors (Lipinski definition) is 1. The summed E-state index contributed by atoms with van der Waals surface area (Å²) in [7, 11) is 2.13. The molecule has 1 unspecified atom stereocenters. The number of rotatable bonds is 5. The quantitative estimate of drug-likeness (QED) is 0.411. The third kappa shape index (κ3) is 4.17. The predicted octanol–water partition coefficient (Wildman–Crippen LogP) is 4.65. The van der Waals surface area contributed by atoms with Gasteiger partial charge >= 0.3 is 6.01 Å². The van der Waals surface area contributed by atoms with Crippen molar-refractivity contribution in [1.82, 2.24) is 30.0 Å². The average Bonchev–Trinajstić information content (AvgIpc) is 3.41. The van der Waals surface area contributed by atoms with Gasteiger partial charge in [0.1, 0.15) is 18.2 Å². The van der Waals surface area contributed by atoms with E-state index in [-0.39, 0.29) is 5.82 Å². The fourth-order valence-corrected chi connectivity index (χ4v) is 5.30. The van der Waals surface area contributed by atoms with Crippen LogP contribution in [-0.2, 0) is 0 Å². The largest absolute Gasteiger partial charge is 0.462 e. The van der Waals surface area contributed by atoms with Gasteiger partial charge in [-0.1, -0.05) is 12.2 Å². The molecule has 1 N–H and O–H groups in total. The van der Waals surface area contributed by atoms with Crippen molar-refractivity contribution in [2.24, 2.45) is 0 Å². The zero-order chi connectivity index (χ0) is 24.6. The molecule has 1 atom stereocenters. The monoisotopic (exact) mass is 487 g/mol. The first-order chi connectivity index (χ1) is 17.6. The standard InChI is InChI=1S/C27H30FN7O/c1-17-21(28)12-23-19(15-30-33-23)25(17)24-13-22-20(14-29-24)26(35-10-5-3-4-6-11-35)32-27(31-22)36-16-18-8-7-9-34(18)2/h3-4,12-15,18H,5-11,16H2,1-2H3,(H,30,33). The van der Waals surface area contributed by atoms with E-state index in [4.69, 9.17) is 19.7 Å². The number of benzene rings is 1. The van der Waals surface area contributed by atoms with Gasteiger partial charge in [-0.15, -0.1) is 0 Å². The highest BCUT2D eigenvalue weighted by atomic mass is 19.1. The van der Waals surface area contributed by atoms with Gasteiger partial charge in [0.2, 0.25) is 0 Å². The second kappa shape index (κ2) is 9.46. The molecule has 0 spiro atoms. The van der Waals surface area contributed by atoms with Gasteiger partial charge < -0.3 is 14.5 Å². The van der Waals surface area contributed by atoms with Gasteiger partial charge in [-0.2, -0.15) is 15.1 Å². The molecule has 9 heteroatoms. The number of aromatic amines is 1. The molecule has 0 radical (unpaired) electrons. The Morgan fingerprint density at radius 1 is 1.08 bits per heavy atom. The van der Waals surface area contributed by atoms with Gasteiger partial charge in [0, 0.05) is 36.3 Å². The molecule has 0 bridgehead atoms. The van der Waals surface area contributed by atoms with Crippen molar-refractivity contribution in [3.8, 4) is 17.3 Å². The van der Waals surface area contributed by atoms with E-state index in [1.165, 1.54) is 12.5 Å². The Hall–Kier alpha value is -3.59. The number of aromatic nitrogens is 5. The molecule has 2 aliphatic rings. The Morgan fingerprint density at radius 3 is 2.69 bits per heavy atom. The average molecular weight is 488 g/mol. The minimum absolute atomic E-state index is 0.297. The zero-order valence-corrected chi connectivity index (χ0v) is 20.7. The van der Waals surface area contributed by atoms with Crippen LogP contribution in [-0.4, -0.2) is 69.4 Å². The highest BCUT2D eigenvalue weighted by Gasteiger charge is 2.23. The summed E-state index contributed by atoms with van der Waals surface area (Å²) in [6.07, 6.45) is 12.2. The second-order valence-electron chi connectivity index (χ2n) is 9.73. The fourth-order valence-electron chi connectivity index (χ4n) is 5.30. The molecule has 5 heterocycles. The molecule has 0 saturated carbocycles. The van der Waals surface area contributed by atoms with Crippen LogP contribution in [0, 0.1) is 12.7 Å². The maximum Gasteiger partial charge on any atom is 0.319 e. The maximum atomic E-state index is 14.7. The van der Waals surface area contributed by atoms with Crippen LogP contribution in [0.15, 0.2) is 36.7 Å². The van der Waals surface area contributed by atoms with Crippen LogP contribution < -0.4 is 9.64 Å². The van der Waals surface area contributed by atoms with Crippen LogP contribution in [0.1, 0.15) is 31.2 Å². The molecule has 2 aliphatic heterocycles. The van der Waals surface area contributed by atoms with Crippen molar-refractivity contribution < 1.29 is 9.13 Å². The molecule has 0 aliphatic carbocycles. The minimum atomic E-state index is -0.297. The van der Waals surface area contributed by atoms with Crippen molar-refractivity contribution >= 4 is 27.6 Å². The molecule has 1 fully saturated rings. The van der Waals surface area contributed by atoms with Gasteiger partial charge in [0.05, 0.1) is 28.3 Å². The van der Waals surface area contributed by atoms with Crippen molar-refractivity contribution in [2.75, 3.05) is 38.2 Å². The number of hydrogen-bond acceptors (Lipinski definition) is 7. The number of ether oxygens (including phenoxy) is 1. The van der Waals surface area contributed by atoms with Crippen LogP contribution in [0.4, 0.5) is 10.2 Å². The lowest BCUT2D eigenvalue weighted by Gasteiger charge is -2.24. The summed E-state index contributed by atoms with van der Waals surface area (Å²) < 4.78 is 20.9. The first-order valence-corrected chi connectivity index (χ1v) is 12.6. The highest BCUT2D eigenvalue weighted by Crippen LogP contribution is 2.35. The van der Waals surface area contributed by atoms with Gasteiger partial charge in [-0.05, 0) is 63.9 Å². The lowest BCUT2D eigenvalue weighted by atomic mass is 9.99. The summed E-state index contributed by atoms with van der Waals surface area (Å²) in [4.78, 5) is 19.0. The number of H-pyrrole nitrogens is 1. The second-order valence-corrected chi connectivity index (χ2v) is 9.73. The van der Waals surface area contributed by atoms with E-state index in [2.05, 4.69) is 39.2 Å². The maximum absolute atomic E-state index is 14.7. The Bertz CT molecular complexity index is 1440. The normalized spacial score (nSPS) is 18.9.